The Bertz CT molecular complexity index is 1810. The number of hydrogen-bond acceptors (Lipinski definition) is 7. The van der Waals surface area contributed by atoms with E-state index < -0.39 is 26.0 Å². The van der Waals surface area contributed by atoms with Crippen LogP contribution in [0, 0.1) is 6.92 Å². The van der Waals surface area contributed by atoms with E-state index in [9.17, 15) is 26.7 Å². The van der Waals surface area contributed by atoms with Crippen molar-refractivity contribution in [3.05, 3.63) is 95.2 Å². The molecule has 1 aliphatic heterocycles. The van der Waals surface area contributed by atoms with Gasteiger partial charge in [-0.3, -0.25) is 0 Å². The number of benzene rings is 3. The molecule has 1 fully saturated rings. The van der Waals surface area contributed by atoms with Gasteiger partial charge in [0.25, 0.3) is 0 Å². The number of piperazine rings is 1. The summed E-state index contributed by atoms with van der Waals surface area (Å²) in [6.45, 7) is 3.59. The van der Waals surface area contributed by atoms with Crippen molar-refractivity contribution in [3.63, 3.8) is 0 Å². The maximum Gasteiger partial charge on any atom is 0.372 e. The molecule has 0 amide bonds. The zero-order chi connectivity index (χ0) is 30.1. The fourth-order valence-electron chi connectivity index (χ4n) is 5.30. The van der Waals surface area contributed by atoms with Gasteiger partial charge in [-0.15, -0.1) is 0 Å². The predicted molar refractivity (Wildman–Crippen MR) is 161 cm³/mol. The second-order valence-corrected chi connectivity index (χ2v) is 14.3. The number of para-hydroxylation sites is 1. The van der Waals surface area contributed by atoms with E-state index in [1.165, 1.54) is 33.1 Å². The fraction of sp³-hybridized carbons (Fsp3) is 0.300. The van der Waals surface area contributed by atoms with Crippen molar-refractivity contribution in [2.75, 3.05) is 43.9 Å². The van der Waals surface area contributed by atoms with Crippen LogP contribution in [0.15, 0.2) is 82.1 Å². The summed E-state index contributed by atoms with van der Waals surface area (Å²) in [6.07, 6.45) is 1.70. The summed E-state index contributed by atoms with van der Waals surface area (Å²) in [4.78, 5) is 13.7. The summed E-state index contributed by atoms with van der Waals surface area (Å²) in [6, 6.07) is 21.6. The molecule has 0 bridgehead atoms. The fourth-order valence-corrected chi connectivity index (χ4v) is 7.57. The first-order valence-corrected chi connectivity index (χ1v) is 16.8. The maximum absolute atomic E-state index is 14.2. The molecule has 0 radical (unpaired) electrons. The highest BCUT2D eigenvalue weighted by molar-refractivity contribution is 7.89. The van der Waals surface area contributed by atoms with E-state index in [0.29, 0.717) is 49.1 Å². The molecule has 3 aromatic carbocycles. The highest BCUT2D eigenvalue weighted by Crippen LogP contribution is 2.31. The van der Waals surface area contributed by atoms with Crippen LogP contribution >= 0.6 is 0 Å². The number of nitrogens with zero attached hydrogens (tertiary/aromatic N) is 3. The monoisotopic (exact) mass is 611 g/mol. The van der Waals surface area contributed by atoms with E-state index in [4.69, 9.17) is 4.42 Å². The normalized spacial score (nSPS) is 15.0. The number of aromatic carboxylic acids is 1. The van der Waals surface area contributed by atoms with Gasteiger partial charge in [0, 0.05) is 55.9 Å². The summed E-state index contributed by atoms with van der Waals surface area (Å²) in [7, 11) is -7.31. The third kappa shape index (κ3) is 6.21. The molecule has 4 aromatic rings. The Hall–Kier alpha value is -3.71. The number of anilines is 1. The van der Waals surface area contributed by atoms with Gasteiger partial charge in [-0.1, -0.05) is 48.5 Å². The van der Waals surface area contributed by atoms with Crippen molar-refractivity contribution >= 4 is 42.7 Å². The van der Waals surface area contributed by atoms with Crippen molar-refractivity contribution in [2.24, 2.45) is 0 Å². The molecule has 2 heterocycles. The van der Waals surface area contributed by atoms with E-state index in [1.807, 2.05) is 54.6 Å². The number of carboxylic acid groups (broad SMARTS) is 1. The minimum absolute atomic E-state index is 0.0446. The van der Waals surface area contributed by atoms with Gasteiger partial charge in [0.2, 0.25) is 25.8 Å². The highest BCUT2D eigenvalue weighted by Gasteiger charge is 2.29. The molecule has 1 saturated heterocycles. The summed E-state index contributed by atoms with van der Waals surface area (Å²) in [5.41, 5.74) is 3.32. The van der Waals surface area contributed by atoms with E-state index >= 15 is 0 Å². The Balaban J connectivity index is 1.48. The molecule has 1 aromatic heterocycles. The molecule has 1 N–H and O–H groups in total. The standard InChI is InChI=1S/C30H33N3O7S2/c1-22-26-20-25(12-13-28(26)40-29(22)30(34)35)42(38,39)33(15-14-23-8-4-3-5-9-23)21-24-10-6-7-11-27(24)31-16-18-32(19-17-31)41(2,36)37/h3-13,20H,14-19,21H2,1-2H3,(H,34,35). The van der Waals surface area contributed by atoms with E-state index in [0.717, 1.165) is 16.8 Å². The van der Waals surface area contributed by atoms with Crippen LogP contribution in [0.4, 0.5) is 5.69 Å². The van der Waals surface area contributed by atoms with Crippen molar-refractivity contribution in [3.8, 4) is 0 Å². The molecule has 12 heteroatoms. The van der Waals surface area contributed by atoms with Gasteiger partial charge >= 0.3 is 5.97 Å². The van der Waals surface area contributed by atoms with Crippen molar-refractivity contribution < 1.29 is 31.2 Å². The van der Waals surface area contributed by atoms with Gasteiger partial charge in [-0.05, 0) is 48.7 Å². The summed E-state index contributed by atoms with van der Waals surface area (Å²) in [5, 5.41) is 9.89. The van der Waals surface area contributed by atoms with Crippen LogP contribution in [0.3, 0.4) is 0 Å². The lowest BCUT2D eigenvalue weighted by Crippen LogP contribution is -2.48. The highest BCUT2D eigenvalue weighted by atomic mass is 32.2. The Labute approximate surface area is 245 Å². The van der Waals surface area contributed by atoms with Crippen molar-refractivity contribution in [2.45, 2.75) is 24.8 Å². The van der Waals surface area contributed by atoms with Crippen LogP contribution in [0.1, 0.15) is 27.2 Å². The lowest BCUT2D eigenvalue weighted by molar-refractivity contribution is 0.0664. The Kier molecular flexibility index (Phi) is 8.42. The molecule has 0 atom stereocenters. The van der Waals surface area contributed by atoms with Crippen LogP contribution in [0.5, 0.6) is 0 Å². The number of fused-ring (bicyclic) bond motifs is 1. The van der Waals surface area contributed by atoms with Gasteiger partial charge in [0.1, 0.15) is 5.58 Å². The first kappa shape index (κ1) is 29.8. The largest absolute Gasteiger partial charge is 0.475 e. The number of carbonyl (C=O) groups is 1. The van der Waals surface area contributed by atoms with Crippen molar-refractivity contribution in [1.82, 2.24) is 8.61 Å². The lowest BCUT2D eigenvalue weighted by atomic mass is 10.1. The molecular formula is C30H33N3O7S2. The first-order valence-electron chi connectivity index (χ1n) is 13.5. The summed E-state index contributed by atoms with van der Waals surface area (Å²) < 4.78 is 60.7. The molecule has 5 rings (SSSR count). The first-order chi connectivity index (χ1) is 19.9. The van der Waals surface area contributed by atoms with Crippen LogP contribution in [-0.2, 0) is 33.0 Å². The third-order valence-electron chi connectivity index (χ3n) is 7.62. The van der Waals surface area contributed by atoms with Gasteiger partial charge in [-0.25, -0.2) is 21.6 Å². The molecular weight excluding hydrogens is 578 g/mol. The quantitative estimate of drug-likeness (QED) is 0.286. The minimum Gasteiger partial charge on any atom is -0.475 e. The molecule has 1 aliphatic rings. The zero-order valence-corrected chi connectivity index (χ0v) is 25.1. The van der Waals surface area contributed by atoms with Crippen LogP contribution in [0.25, 0.3) is 11.0 Å². The number of hydrogen-bond donors (Lipinski definition) is 1. The number of sulfonamides is 2. The lowest BCUT2D eigenvalue weighted by Gasteiger charge is -2.36. The second-order valence-electron chi connectivity index (χ2n) is 10.4. The zero-order valence-electron chi connectivity index (χ0n) is 23.4. The van der Waals surface area contributed by atoms with Gasteiger partial charge in [-0.2, -0.15) is 8.61 Å². The van der Waals surface area contributed by atoms with E-state index in [-0.39, 0.29) is 23.7 Å². The van der Waals surface area contributed by atoms with E-state index in [1.54, 1.807) is 6.92 Å². The Morgan fingerprint density at radius 1 is 0.929 bits per heavy atom. The molecule has 222 valence electrons. The smallest absolute Gasteiger partial charge is 0.372 e. The molecule has 10 nitrogen and oxygen atoms in total. The topological polar surface area (TPSA) is 128 Å². The SMILES string of the molecule is Cc1c(C(=O)O)oc2ccc(S(=O)(=O)N(CCc3ccccc3)Cc3ccccc3N3CCN(S(C)(=O)=O)CC3)cc12. The van der Waals surface area contributed by atoms with Crippen LogP contribution in [0.2, 0.25) is 0 Å². The average Bonchev–Trinajstić information content (AvgIpc) is 3.31. The Morgan fingerprint density at radius 2 is 1.60 bits per heavy atom. The van der Waals surface area contributed by atoms with Crippen molar-refractivity contribution in [1.29, 1.82) is 0 Å². The van der Waals surface area contributed by atoms with Gasteiger partial charge < -0.3 is 14.4 Å². The number of furan rings is 1. The number of rotatable bonds is 10. The molecule has 0 aliphatic carbocycles. The second kappa shape index (κ2) is 11.9. The van der Waals surface area contributed by atoms with Gasteiger partial charge in [0.15, 0.2) is 0 Å². The van der Waals surface area contributed by atoms with E-state index in [2.05, 4.69) is 4.90 Å². The summed E-state index contributed by atoms with van der Waals surface area (Å²) in [5.74, 6) is -1.43. The Morgan fingerprint density at radius 3 is 2.26 bits per heavy atom. The maximum atomic E-state index is 14.2. The molecule has 0 spiro atoms. The molecule has 42 heavy (non-hydrogen) atoms. The molecule has 0 saturated carbocycles. The van der Waals surface area contributed by atoms with Gasteiger partial charge in [0.05, 0.1) is 11.2 Å². The minimum atomic E-state index is -4.03. The van der Waals surface area contributed by atoms with Crippen LogP contribution < -0.4 is 4.90 Å². The summed E-state index contributed by atoms with van der Waals surface area (Å²) >= 11 is 0. The number of aryl methyl sites for hydroxylation is 1. The predicted octanol–water partition coefficient (Wildman–Crippen LogP) is 3.95. The number of carboxylic acids is 1. The average molecular weight is 612 g/mol. The third-order valence-corrected chi connectivity index (χ3v) is 10.8. The molecule has 0 unspecified atom stereocenters. The van der Waals surface area contributed by atoms with Crippen LogP contribution in [-0.4, -0.2) is 75.5 Å².